The fourth-order valence-electron chi connectivity index (χ4n) is 10.1. The number of H-pyrrole nitrogens is 1. The van der Waals surface area contributed by atoms with Gasteiger partial charge in [0.05, 0.1) is 28.6 Å². The van der Waals surface area contributed by atoms with E-state index in [0.717, 1.165) is 102 Å². The fraction of sp³-hybridized carbons (Fsp3) is 0.556. The van der Waals surface area contributed by atoms with Crippen LogP contribution in [0.5, 0.6) is 6.01 Å². The number of nitrogens with zero attached hydrogens (tertiary/aromatic N) is 6. The third-order valence-electron chi connectivity index (χ3n) is 12.5. The molecule has 2 bridgehead atoms. The maximum Gasteiger partial charge on any atom is 0.318 e. The Hall–Kier alpha value is -3.34. The molecule has 4 saturated heterocycles. The number of ether oxygens (including phenoxy) is 1. The average Bonchev–Trinajstić information content (AvgIpc) is 3.87. The van der Waals surface area contributed by atoms with Gasteiger partial charge in [-0.25, -0.2) is 4.39 Å². The summed E-state index contributed by atoms with van der Waals surface area (Å²) in [4.78, 5) is 20.5. The summed E-state index contributed by atoms with van der Waals surface area (Å²) in [6.07, 6.45) is 12.3. The number of pyridine rings is 1. The quantitative estimate of drug-likeness (QED) is 0.266. The highest BCUT2D eigenvalue weighted by Crippen LogP contribution is 2.66. The Morgan fingerprint density at radius 1 is 1.04 bits per heavy atom. The van der Waals surface area contributed by atoms with E-state index in [1.807, 2.05) is 18.5 Å². The number of aromatic nitrogens is 5. The van der Waals surface area contributed by atoms with Crippen LogP contribution in [0.25, 0.3) is 33.3 Å². The SMILES string of the molecule is F[C@H]1CN2CCC[C@@]2(COc2nc(N3CC4CCC(C3)N4)c3c(n2)C2(CC2)c2c-3ccnc2-c2c(C3CC3)c(Cl)cc3[nH]ncc23)C1. The van der Waals surface area contributed by atoms with Crippen molar-refractivity contribution in [3.63, 3.8) is 0 Å². The molecule has 242 valence electrons. The Balaban J connectivity index is 1.08. The number of fused-ring (bicyclic) bond motifs is 9. The minimum Gasteiger partial charge on any atom is -0.461 e. The largest absolute Gasteiger partial charge is 0.461 e. The number of piperazine rings is 1. The number of halogens is 2. The zero-order chi connectivity index (χ0) is 31.1. The van der Waals surface area contributed by atoms with E-state index in [4.69, 9.17) is 31.3 Å². The van der Waals surface area contributed by atoms with Gasteiger partial charge in [-0.15, -0.1) is 0 Å². The van der Waals surface area contributed by atoms with E-state index in [1.54, 1.807) is 0 Å². The number of nitrogens with one attached hydrogen (secondary N) is 2. The van der Waals surface area contributed by atoms with Crippen LogP contribution in [0, 0.1) is 0 Å². The second-order valence-electron chi connectivity index (χ2n) is 15.4. The van der Waals surface area contributed by atoms with Crippen LogP contribution >= 0.6 is 11.6 Å². The average molecular weight is 653 g/mol. The maximum atomic E-state index is 14.6. The first-order valence-electron chi connectivity index (χ1n) is 17.6. The second-order valence-corrected chi connectivity index (χ2v) is 15.8. The molecule has 7 aliphatic rings. The molecule has 0 amide bonds. The number of hydrogen-bond acceptors (Lipinski definition) is 8. The smallest absolute Gasteiger partial charge is 0.318 e. The molecule has 2 saturated carbocycles. The molecular formula is C36H38ClFN8O. The van der Waals surface area contributed by atoms with Crippen molar-refractivity contribution in [2.75, 3.05) is 37.7 Å². The van der Waals surface area contributed by atoms with E-state index in [-0.39, 0.29) is 11.0 Å². The Labute approximate surface area is 277 Å². The molecule has 47 heavy (non-hydrogen) atoms. The Kier molecular flexibility index (Phi) is 5.66. The van der Waals surface area contributed by atoms with Crippen molar-refractivity contribution in [2.45, 2.75) is 92.9 Å². The molecule has 3 aliphatic carbocycles. The van der Waals surface area contributed by atoms with Crippen LogP contribution in [0.2, 0.25) is 5.02 Å². The molecule has 2 unspecified atom stereocenters. The summed E-state index contributed by atoms with van der Waals surface area (Å²) in [7, 11) is 0. The number of benzene rings is 1. The molecule has 4 atom stereocenters. The molecule has 3 aromatic heterocycles. The summed E-state index contributed by atoms with van der Waals surface area (Å²) in [6, 6.07) is 5.55. The van der Waals surface area contributed by atoms with Gasteiger partial charge in [0.1, 0.15) is 18.6 Å². The van der Waals surface area contributed by atoms with Crippen LogP contribution in [-0.2, 0) is 5.41 Å². The van der Waals surface area contributed by atoms with Gasteiger partial charge in [0, 0.05) is 71.3 Å². The number of hydrogen-bond donors (Lipinski definition) is 2. The fourth-order valence-corrected chi connectivity index (χ4v) is 10.5. The van der Waals surface area contributed by atoms with E-state index in [1.165, 1.54) is 29.5 Å². The van der Waals surface area contributed by atoms with Crippen molar-refractivity contribution in [3.8, 4) is 28.4 Å². The Morgan fingerprint density at radius 3 is 2.70 bits per heavy atom. The molecule has 6 fully saturated rings. The van der Waals surface area contributed by atoms with Crippen molar-refractivity contribution in [2.24, 2.45) is 0 Å². The van der Waals surface area contributed by atoms with Gasteiger partial charge in [-0.05, 0) is 92.7 Å². The highest BCUT2D eigenvalue weighted by Gasteiger charge is 2.58. The number of rotatable bonds is 6. The zero-order valence-electron chi connectivity index (χ0n) is 26.4. The third-order valence-corrected chi connectivity index (χ3v) is 12.8. The van der Waals surface area contributed by atoms with E-state index in [0.29, 0.717) is 43.6 Å². The first kappa shape index (κ1) is 27.6. The molecule has 7 heterocycles. The lowest BCUT2D eigenvalue weighted by Gasteiger charge is -2.35. The minimum absolute atomic E-state index is 0.245. The van der Waals surface area contributed by atoms with Crippen LogP contribution in [0.3, 0.4) is 0 Å². The van der Waals surface area contributed by atoms with Crippen LogP contribution < -0.4 is 15.0 Å². The van der Waals surface area contributed by atoms with Gasteiger partial charge in [-0.2, -0.15) is 15.1 Å². The molecule has 9 nitrogen and oxygen atoms in total. The molecule has 4 aromatic rings. The monoisotopic (exact) mass is 652 g/mol. The minimum atomic E-state index is -0.796. The highest BCUT2D eigenvalue weighted by molar-refractivity contribution is 6.33. The topological polar surface area (TPSA) is 95.1 Å². The van der Waals surface area contributed by atoms with Gasteiger partial charge in [-0.1, -0.05) is 11.6 Å². The van der Waals surface area contributed by atoms with E-state index in [9.17, 15) is 4.39 Å². The van der Waals surface area contributed by atoms with Crippen molar-refractivity contribution in [1.82, 2.24) is 35.4 Å². The summed E-state index contributed by atoms with van der Waals surface area (Å²) in [5.41, 5.74) is 8.40. The Bertz CT molecular complexity index is 1960. The summed E-state index contributed by atoms with van der Waals surface area (Å²) in [6.45, 7) is 3.70. The molecule has 4 aliphatic heterocycles. The lowest BCUT2D eigenvalue weighted by molar-refractivity contribution is 0.107. The van der Waals surface area contributed by atoms with Gasteiger partial charge < -0.3 is 15.0 Å². The standard InChI is InChI=1S/C36H38ClFN8O/c37-25-12-26-24(14-40-44-26)28(27(25)19-2-3-19)31-30-23(6-10-39-31)29-32(36(30)8-9-36)42-34(43-33(29)45-16-21-4-5-22(17-45)41-21)47-18-35-7-1-11-46(35)15-20(38)13-35/h6,10,12,14,19-22,41H,1-5,7-9,11,13,15-18H2,(H,40,44)/t20-,21?,22?,35+/m1/s1. The predicted molar refractivity (Wildman–Crippen MR) is 178 cm³/mol. The number of aromatic amines is 1. The second kappa shape index (κ2) is 9.64. The summed E-state index contributed by atoms with van der Waals surface area (Å²) in [5, 5.41) is 13.3. The number of anilines is 1. The molecule has 11 heteroatoms. The van der Waals surface area contributed by atoms with Crippen molar-refractivity contribution in [1.29, 1.82) is 0 Å². The van der Waals surface area contributed by atoms with Gasteiger partial charge in [0.2, 0.25) is 0 Å². The van der Waals surface area contributed by atoms with Gasteiger partial charge in [0.25, 0.3) is 0 Å². The van der Waals surface area contributed by atoms with E-state index in [2.05, 4.69) is 31.4 Å². The van der Waals surface area contributed by atoms with Crippen LogP contribution in [-0.4, -0.2) is 86.6 Å². The van der Waals surface area contributed by atoms with E-state index >= 15 is 0 Å². The highest BCUT2D eigenvalue weighted by atomic mass is 35.5. The van der Waals surface area contributed by atoms with Crippen molar-refractivity contribution in [3.05, 3.63) is 46.4 Å². The zero-order valence-corrected chi connectivity index (χ0v) is 27.1. The third kappa shape index (κ3) is 3.95. The van der Waals surface area contributed by atoms with Crippen LogP contribution in [0.1, 0.15) is 80.5 Å². The molecule has 1 aromatic carbocycles. The van der Waals surface area contributed by atoms with Crippen molar-refractivity contribution < 1.29 is 9.13 Å². The molecule has 0 radical (unpaired) electrons. The molecular weight excluding hydrogens is 615 g/mol. The summed E-state index contributed by atoms with van der Waals surface area (Å²) in [5.74, 6) is 1.41. The van der Waals surface area contributed by atoms with Crippen molar-refractivity contribution >= 4 is 28.3 Å². The van der Waals surface area contributed by atoms with Gasteiger partial charge in [-0.3, -0.25) is 15.0 Å². The summed E-state index contributed by atoms with van der Waals surface area (Å²) < 4.78 is 21.3. The summed E-state index contributed by atoms with van der Waals surface area (Å²) >= 11 is 7.04. The van der Waals surface area contributed by atoms with Gasteiger partial charge >= 0.3 is 6.01 Å². The molecule has 1 spiro atoms. The number of alkyl halides is 1. The molecule has 2 N–H and O–H groups in total. The maximum absolute atomic E-state index is 14.6. The van der Waals surface area contributed by atoms with Crippen LogP contribution in [0.4, 0.5) is 10.2 Å². The molecule has 11 rings (SSSR count). The van der Waals surface area contributed by atoms with E-state index < -0.39 is 6.17 Å². The predicted octanol–water partition coefficient (Wildman–Crippen LogP) is 5.90. The first-order valence-corrected chi connectivity index (χ1v) is 18.0. The van der Waals surface area contributed by atoms with Gasteiger partial charge in [0.15, 0.2) is 0 Å². The lowest BCUT2D eigenvalue weighted by atomic mass is 9.88. The Morgan fingerprint density at radius 2 is 1.89 bits per heavy atom. The van der Waals surface area contributed by atoms with Crippen LogP contribution in [0.15, 0.2) is 24.5 Å². The lowest BCUT2D eigenvalue weighted by Crippen LogP contribution is -2.51. The first-order chi connectivity index (χ1) is 23.0. The normalized spacial score (nSPS) is 29.9.